The Kier molecular flexibility index (Phi) is 3.42. The number of nitrogen functional groups attached to an aromatic ring is 1. The zero-order valence-electron chi connectivity index (χ0n) is 12.6. The number of rotatable bonds is 2. The van der Waals surface area contributed by atoms with Crippen molar-refractivity contribution in [2.24, 2.45) is 5.92 Å². The second-order valence-corrected chi connectivity index (χ2v) is 5.85. The third-order valence-corrected chi connectivity index (χ3v) is 4.33. The van der Waals surface area contributed by atoms with Crippen molar-refractivity contribution < 1.29 is 9.53 Å². The van der Waals surface area contributed by atoms with Crippen LogP contribution in [0, 0.1) is 5.92 Å². The number of fused-ring (bicyclic) bond motifs is 1. The van der Waals surface area contributed by atoms with Gasteiger partial charge >= 0.3 is 0 Å². The number of aromatic nitrogens is 3. The van der Waals surface area contributed by atoms with Gasteiger partial charge in [0, 0.05) is 30.1 Å². The van der Waals surface area contributed by atoms with Gasteiger partial charge in [-0.2, -0.15) is 0 Å². The minimum Gasteiger partial charge on any atom is -0.381 e. The molecule has 0 aliphatic carbocycles. The number of amides is 1. The SMILES string of the molecule is Nc1nc2c(c(-c3cccnc3)n1)CN(C(=O)C1CCOC1)C2. The Balaban J connectivity index is 1.67. The zero-order valence-corrected chi connectivity index (χ0v) is 12.6. The van der Waals surface area contributed by atoms with E-state index in [1.807, 2.05) is 17.0 Å². The summed E-state index contributed by atoms with van der Waals surface area (Å²) in [7, 11) is 0. The van der Waals surface area contributed by atoms with Crippen molar-refractivity contribution in [1.82, 2.24) is 19.9 Å². The molecule has 1 amide bonds. The van der Waals surface area contributed by atoms with E-state index in [1.165, 1.54) is 0 Å². The molecular formula is C16H17N5O2. The lowest BCUT2D eigenvalue weighted by Gasteiger charge is -2.18. The molecular weight excluding hydrogens is 294 g/mol. The number of hydrogen-bond acceptors (Lipinski definition) is 6. The first-order chi connectivity index (χ1) is 11.2. The van der Waals surface area contributed by atoms with Crippen LogP contribution in [0.5, 0.6) is 0 Å². The van der Waals surface area contributed by atoms with Crippen molar-refractivity contribution in [3.8, 4) is 11.3 Å². The molecule has 2 aliphatic heterocycles. The molecule has 2 N–H and O–H groups in total. The van der Waals surface area contributed by atoms with Gasteiger partial charge in [0.05, 0.1) is 37.0 Å². The first-order valence-corrected chi connectivity index (χ1v) is 7.64. The largest absolute Gasteiger partial charge is 0.381 e. The lowest BCUT2D eigenvalue weighted by Crippen LogP contribution is -2.32. The van der Waals surface area contributed by atoms with Gasteiger partial charge in [0.15, 0.2) is 0 Å². The normalized spacial score (nSPS) is 19.8. The Morgan fingerprint density at radius 1 is 1.35 bits per heavy atom. The van der Waals surface area contributed by atoms with E-state index in [0.29, 0.717) is 26.3 Å². The molecule has 0 saturated carbocycles. The van der Waals surface area contributed by atoms with Crippen LogP contribution in [0.3, 0.4) is 0 Å². The molecule has 1 fully saturated rings. The van der Waals surface area contributed by atoms with Crippen molar-refractivity contribution in [3.63, 3.8) is 0 Å². The van der Waals surface area contributed by atoms with Gasteiger partial charge in [-0.05, 0) is 18.6 Å². The molecule has 4 rings (SSSR count). The smallest absolute Gasteiger partial charge is 0.228 e. The van der Waals surface area contributed by atoms with Crippen molar-refractivity contribution in [2.45, 2.75) is 19.5 Å². The van der Waals surface area contributed by atoms with Crippen molar-refractivity contribution in [3.05, 3.63) is 35.8 Å². The van der Waals surface area contributed by atoms with Crippen LogP contribution in [0.25, 0.3) is 11.3 Å². The number of carbonyl (C=O) groups excluding carboxylic acids is 1. The zero-order chi connectivity index (χ0) is 15.8. The highest BCUT2D eigenvalue weighted by molar-refractivity contribution is 5.80. The third kappa shape index (κ3) is 2.53. The Labute approximate surface area is 133 Å². The first-order valence-electron chi connectivity index (χ1n) is 7.64. The second kappa shape index (κ2) is 5.58. The van der Waals surface area contributed by atoms with Gasteiger partial charge < -0.3 is 15.4 Å². The molecule has 1 saturated heterocycles. The summed E-state index contributed by atoms with van der Waals surface area (Å²) in [5.41, 5.74) is 9.28. The summed E-state index contributed by atoms with van der Waals surface area (Å²) < 4.78 is 5.32. The van der Waals surface area contributed by atoms with Gasteiger partial charge in [0.1, 0.15) is 0 Å². The summed E-state index contributed by atoms with van der Waals surface area (Å²) >= 11 is 0. The van der Waals surface area contributed by atoms with Gasteiger partial charge in [-0.25, -0.2) is 9.97 Å². The summed E-state index contributed by atoms with van der Waals surface area (Å²) in [6.45, 7) is 2.15. The van der Waals surface area contributed by atoms with Crippen molar-refractivity contribution in [2.75, 3.05) is 18.9 Å². The van der Waals surface area contributed by atoms with E-state index in [9.17, 15) is 4.79 Å². The minimum atomic E-state index is -0.0449. The fraction of sp³-hybridized carbons (Fsp3) is 0.375. The van der Waals surface area contributed by atoms with E-state index in [-0.39, 0.29) is 17.8 Å². The summed E-state index contributed by atoms with van der Waals surface area (Å²) in [5, 5.41) is 0. The molecule has 4 heterocycles. The summed E-state index contributed by atoms with van der Waals surface area (Å²) in [5.74, 6) is 0.300. The standard InChI is InChI=1S/C16H17N5O2/c17-16-19-13-8-21(15(22)11-3-5-23-9-11)7-12(13)14(20-16)10-2-1-4-18-6-10/h1-2,4,6,11H,3,5,7-9H2,(H2,17,19,20). The van der Waals surface area contributed by atoms with Gasteiger partial charge in [-0.3, -0.25) is 9.78 Å². The highest BCUT2D eigenvalue weighted by atomic mass is 16.5. The van der Waals surface area contributed by atoms with Gasteiger partial charge in [-0.15, -0.1) is 0 Å². The predicted octanol–water partition coefficient (Wildman–Crippen LogP) is 0.999. The molecule has 0 aromatic carbocycles. The molecule has 0 bridgehead atoms. The Bertz CT molecular complexity index is 744. The maximum absolute atomic E-state index is 12.6. The molecule has 1 unspecified atom stereocenters. The topological polar surface area (TPSA) is 94.2 Å². The second-order valence-electron chi connectivity index (χ2n) is 5.85. The van der Waals surface area contributed by atoms with Gasteiger partial charge in [0.25, 0.3) is 0 Å². The molecule has 2 aromatic heterocycles. The van der Waals surface area contributed by atoms with E-state index in [1.54, 1.807) is 12.4 Å². The molecule has 2 aromatic rings. The van der Waals surface area contributed by atoms with Crippen LogP contribution < -0.4 is 5.73 Å². The quantitative estimate of drug-likeness (QED) is 0.889. The highest BCUT2D eigenvalue weighted by Gasteiger charge is 2.33. The summed E-state index contributed by atoms with van der Waals surface area (Å²) in [4.78, 5) is 27.2. The Hall–Kier alpha value is -2.54. The minimum absolute atomic E-state index is 0.0449. The third-order valence-electron chi connectivity index (χ3n) is 4.33. The van der Waals surface area contributed by atoms with Gasteiger partial charge in [0.2, 0.25) is 11.9 Å². The van der Waals surface area contributed by atoms with Crippen molar-refractivity contribution in [1.29, 1.82) is 0 Å². The first kappa shape index (κ1) is 14.1. The monoisotopic (exact) mass is 311 g/mol. The Morgan fingerprint density at radius 2 is 2.26 bits per heavy atom. The van der Waals surface area contributed by atoms with E-state index >= 15 is 0 Å². The van der Waals surface area contributed by atoms with Crippen molar-refractivity contribution >= 4 is 11.9 Å². The number of nitrogens with zero attached hydrogens (tertiary/aromatic N) is 4. The number of pyridine rings is 1. The van der Waals surface area contributed by atoms with Crippen LogP contribution in [0.1, 0.15) is 17.7 Å². The van der Waals surface area contributed by atoms with Crippen LogP contribution in [-0.4, -0.2) is 39.0 Å². The summed E-state index contributed by atoms with van der Waals surface area (Å²) in [6.07, 6.45) is 4.25. The molecule has 7 heteroatoms. The fourth-order valence-corrected chi connectivity index (χ4v) is 3.16. The maximum Gasteiger partial charge on any atom is 0.228 e. The highest BCUT2D eigenvalue weighted by Crippen LogP contribution is 2.32. The number of hydrogen-bond donors (Lipinski definition) is 1. The number of ether oxygens (including phenoxy) is 1. The van der Waals surface area contributed by atoms with Crippen LogP contribution in [0.2, 0.25) is 0 Å². The number of nitrogens with two attached hydrogens (primary N) is 1. The van der Waals surface area contributed by atoms with E-state index in [0.717, 1.165) is 28.9 Å². The molecule has 2 aliphatic rings. The van der Waals surface area contributed by atoms with Crippen LogP contribution in [0.4, 0.5) is 5.95 Å². The average molecular weight is 311 g/mol. The van der Waals surface area contributed by atoms with Crippen LogP contribution >= 0.6 is 0 Å². The van der Waals surface area contributed by atoms with E-state index in [4.69, 9.17) is 10.5 Å². The number of carbonyl (C=O) groups is 1. The summed E-state index contributed by atoms with van der Waals surface area (Å²) in [6, 6.07) is 3.79. The molecule has 0 spiro atoms. The maximum atomic E-state index is 12.6. The molecule has 23 heavy (non-hydrogen) atoms. The van der Waals surface area contributed by atoms with Gasteiger partial charge in [-0.1, -0.05) is 0 Å². The molecule has 7 nitrogen and oxygen atoms in total. The molecule has 0 radical (unpaired) electrons. The average Bonchev–Trinajstić information content (AvgIpc) is 3.23. The van der Waals surface area contributed by atoms with E-state index < -0.39 is 0 Å². The van der Waals surface area contributed by atoms with E-state index in [2.05, 4.69) is 15.0 Å². The molecule has 118 valence electrons. The predicted molar refractivity (Wildman–Crippen MR) is 82.9 cm³/mol. The Morgan fingerprint density at radius 3 is 3.00 bits per heavy atom. The fourth-order valence-electron chi connectivity index (χ4n) is 3.16. The van der Waals surface area contributed by atoms with Crippen LogP contribution in [0.15, 0.2) is 24.5 Å². The lowest BCUT2D eigenvalue weighted by molar-refractivity contribution is -0.136. The van der Waals surface area contributed by atoms with Crippen LogP contribution in [-0.2, 0) is 22.6 Å². The molecule has 1 atom stereocenters. The lowest BCUT2D eigenvalue weighted by atomic mass is 10.1. The number of anilines is 1.